The molecule has 1 amide bonds. The summed E-state index contributed by atoms with van der Waals surface area (Å²) in [5.74, 6) is -0.558. The van der Waals surface area contributed by atoms with E-state index in [4.69, 9.17) is 4.74 Å². The zero-order valence-corrected chi connectivity index (χ0v) is 17.4. The first kappa shape index (κ1) is 20.1. The van der Waals surface area contributed by atoms with Crippen LogP contribution < -0.4 is 10.5 Å². The normalized spacial score (nSPS) is 13.2. The summed E-state index contributed by atoms with van der Waals surface area (Å²) >= 11 is 1.14. The van der Waals surface area contributed by atoms with Crippen LogP contribution in [0.3, 0.4) is 0 Å². The van der Waals surface area contributed by atoms with Crippen LogP contribution >= 0.6 is 11.8 Å². The first-order valence-corrected chi connectivity index (χ1v) is 10.5. The Morgan fingerprint density at radius 1 is 1.27 bits per heavy atom. The number of nitrogens with zero attached hydrogens (tertiary/aromatic N) is 3. The van der Waals surface area contributed by atoms with Gasteiger partial charge < -0.3 is 14.6 Å². The Labute approximate surface area is 176 Å². The van der Waals surface area contributed by atoms with Crippen LogP contribution in [0, 0.1) is 6.92 Å². The number of nitrogens with one attached hydrogen (secondary N) is 1. The quantitative estimate of drug-likeness (QED) is 0.390. The highest BCUT2D eigenvalue weighted by atomic mass is 32.2. The number of hydrogen-bond donors (Lipinski definition) is 1. The van der Waals surface area contributed by atoms with Gasteiger partial charge in [-0.25, -0.2) is 14.8 Å². The van der Waals surface area contributed by atoms with Gasteiger partial charge in [0.15, 0.2) is 10.8 Å². The number of ether oxygens (including phenoxy) is 1. The second-order valence-electron chi connectivity index (χ2n) is 6.94. The number of aromatic nitrogens is 3. The molecule has 1 aliphatic rings. The van der Waals surface area contributed by atoms with E-state index in [1.807, 2.05) is 24.3 Å². The van der Waals surface area contributed by atoms with Crippen molar-refractivity contribution >= 4 is 40.4 Å². The minimum absolute atomic E-state index is 0.0534. The van der Waals surface area contributed by atoms with Crippen LogP contribution in [0.4, 0.5) is 5.69 Å². The predicted octanol–water partition coefficient (Wildman–Crippen LogP) is 2.48. The van der Waals surface area contributed by atoms with Crippen LogP contribution in [-0.2, 0) is 16.0 Å². The van der Waals surface area contributed by atoms with Gasteiger partial charge in [0.2, 0.25) is 5.91 Å². The van der Waals surface area contributed by atoms with E-state index in [1.165, 1.54) is 13.2 Å². The Balaban J connectivity index is 1.59. The number of amides is 1. The van der Waals surface area contributed by atoms with Crippen molar-refractivity contribution in [1.82, 2.24) is 15.0 Å². The smallest absolute Gasteiger partial charge is 0.338 e. The lowest BCUT2D eigenvalue weighted by molar-refractivity contribution is -0.116. The number of aryl methyl sites for hydroxylation is 2. The monoisotopic (exact) mass is 424 g/mol. The molecule has 1 N–H and O–H groups in total. The summed E-state index contributed by atoms with van der Waals surface area (Å²) in [4.78, 5) is 50.5. The molecule has 3 aromatic rings. The van der Waals surface area contributed by atoms with E-state index in [9.17, 15) is 14.4 Å². The number of esters is 1. The van der Waals surface area contributed by atoms with E-state index in [-0.39, 0.29) is 33.4 Å². The average Bonchev–Trinajstić information content (AvgIpc) is 2.75. The number of rotatable bonds is 4. The highest BCUT2D eigenvalue weighted by molar-refractivity contribution is 7.99. The summed E-state index contributed by atoms with van der Waals surface area (Å²) < 4.78 is 4.76. The molecule has 3 heterocycles. The Morgan fingerprint density at radius 2 is 2.07 bits per heavy atom. The SMILES string of the molecule is COC(=O)c1cc(C)nc2nc(SCC(=O)N3CCCc4ccccc43)[nH]c(=O)c12. The van der Waals surface area contributed by atoms with Crippen molar-refractivity contribution in [3.8, 4) is 0 Å². The topological polar surface area (TPSA) is 105 Å². The number of pyridine rings is 1. The van der Waals surface area contributed by atoms with Gasteiger partial charge in [0, 0.05) is 17.9 Å². The molecule has 0 fully saturated rings. The third kappa shape index (κ3) is 3.80. The van der Waals surface area contributed by atoms with E-state index in [2.05, 4.69) is 15.0 Å². The lowest BCUT2D eigenvalue weighted by Gasteiger charge is -2.29. The average molecular weight is 424 g/mol. The Morgan fingerprint density at radius 3 is 2.87 bits per heavy atom. The summed E-state index contributed by atoms with van der Waals surface area (Å²) in [6.45, 7) is 2.38. The second-order valence-corrected chi connectivity index (χ2v) is 7.90. The summed E-state index contributed by atoms with van der Waals surface area (Å²) in [7, 11) is 1.25. The van der Waals surface area contributed by atoms with Crippen molar-refractivity contribution in [3.05, 3.63) is 57.5 Å². The molecule has 9 heteroatoms. The third-order valence-corrected chi connectivity index (χ3v) is 5.79. The number of carbonyl (C=O) groups excluding carboxylic acids is 2. The maximum atomic E-state index is 12.8. The molecule has 0 radical (unpaired) electrons. The highest BCUT2D eigenvalue weighted by Gasteiger charge is 2.23. The fourth-order valence-electron chi connectivity index (χ4n) is 3.59. The lowest BCUT2D eigenvalue weighted by atomic mass is 10.0. The number of H-pyrrole nitrogens is 1. The molecule has 0 saturated carbocycles. The van der Waals surface area contributed by atoms with Crippen LogP contribution in [0.2, 0.25) is 0 Å². The van der Waals surface area contributed by atoms with Crippen molar-refractivity contribution in [3.63, 3.8) is 0 Å². The van der Waals surface area contributed by atoms with Crippen molar-refractivity contribution in [2.45, 2.75) is 24.9 Å². The minimum atomic E-state index is -0.628. The Kier molecular flexibility index (Phi) is 5.54. The van der Waals surface area contributed by atoms with E-state index in [0.29, 0.717) is 12.2 Å². The Bertz CT molecular complexity index is 1210. The molecule has 4 rings (SSSR count). The van der Waals surface area contributed by atoms with E-state index in [0.717, 1.165) is 35.9 Å². The van der Waals surface area contributed by atoms with Gasteiger partial charge in [-0.1, -0.05) is 30.0 Å². The van der Waals surface area contributed by atoms with Crippen LogP contribution in [0.5, 0.6) is 0 Å². The van der Waals surface area contributed by atoms with Crippen LogP contribution in [0.25, 0.3) is 11.0 Å². The van der Waals surface area contributed by atoms with Gasteiger partial charge in [0.05, 0.1) is 23.8 Å². The first-order chi connectivity index (χ1) is 14.5. The van der Waals surface area contributed by atoms with Crippen molar-refractivity contribution in [2.75, 3.05) is 24.3 Å². The molecular formula is C21H20N4O4S. The molecule has 0 spiro atoms. The number of fused-ring (bicyclic) bond motifs is 2. The number of para-hydroxylation sites is 1. The van der Waals surface area contributed by atoms with E-state index >= 15 is 0 Å². The minimum Gasteiger partial charge on any atom is -0.465 e. The van der Waals surface area contributed by atoms with Crippen LogP contribution in [0.15, 0.2) is 40.3 Å². The molecule has 0 aliphatic carbocycles. The zero-order chi connectivity index (χ0) is 21.3. The van der Waals surface area contributed by atoms with Gasteiger partial charge in [-0.05, 0) is 37.5 Å². The van der Waals surface area contributed by atoms with Gasteiger partial charge in [-0.3, -0.25) is 9.59 Å². The molecule has 0 atom stereocenters. The number of hydrogen-bond acceptors (Lipinski definition) is 7. The van der Waals surface area contributed by atoms with Crippen molar-refractivity contribution in [2.24, 2.45) is 0 Å². The molecule has 154 valence electrons. The summed E-state index contributed by atoms with van der Waals surface area (Å²) in [6.07, 6.45) is 1.87. The molecule has 0 unspecified atom stereocenters. The summed E-state index contributed by atoms with van der Waals surface area (Å²) in [6, 6.07) is 9.39. The zero-order valence-electron chi connectivity index (χ0n) is 16.6. The lowest BCUT2D eigenvalue weighted by Crippen LogP contribution is -2.36. The molecular weight excluding hydrogens is 404 g/mol. The molecule has 8 nitrogen and oxygen atoms in total. The summed E-state index contributed by atoms with van der Waals surface area (Å²) in [5, 5.41) is 0.355. The third-order valence-electron chi connectivity index (χ3n) is 4.93. The standard InChI is InChI=1S/C21H20N4O4S/c1-12-10-14(20(28)29-2)17-18(22-12)23-21(24-19(17)27)30-11-16(26)25-9-5-7-13-6-3-4-8-15(13)25/h3-4,6,8,10H,5,7,9,11H2,1-2H3,(H,22,23,24,27). The fourth-order valence-corrected chi connectivity index (χ4v) is 4.32. The van der Waals surface area contributed by atoms with Crippen LogP contribution in [0.1, 0.15) is 28.0 Å². The number of thioether (sulfide) groups is 1. The van der Waals surface area contributed by atoms with Crippen molar-refractivity contribution in [1.29, 1.82) is 0 Å². The molecule has 2 aromatic heterocycles. The molecule has 0 bridgehead atoms. The summed E-state index contributed by atoms with van der Waals surface area (Å²) in [5.41, 5.74) is 2.41. The van der Waals surface area contributed by atoms with Gasteiger partial charge in [-0.15, -0.1) is 0 Å². The molecule has 30 heavy (non-hydrogen) atoms. The number of methoxy groups -OCH3 is 1. The largest absolute Gasteiger partial charge is 0.465 e. The fraction of sp³-hybridized carbons (Fsp3) is 0.286. The highest BCUT2D eigenvalue weighted by Crippen LogP contribution is 2.28. The molecule has 1 aromatic carbocycles. The Hall–Kier alpha value is -3.20. The molecule has 0 saturated heterocycles. The predicted molar refractivity (Wildman–Crippen MR) is 114 cm³/mol. The maximum Gasteiger partial charge on any atom is 0.338 e. The number of benzene rings is 1. The van der Waals surface area contributed by atoms with Crippen molar-refractivity contribution < 1.29 is 14.3 Å². The number of carbonyl (C=O) groups is 2. The first-order valence-electron chi connectivity index (χ1n) is 9.49. The van der Waals surface area contributed by atoms with E-state index in [1.54, 1.807) is 11.8 Å². The number of aromatic amines is 1. The van der Waals surface area contributed by atoms with Crippen LogP contribution in [-0.4, -0.2) is 46.2 Å². The molecule has 1 aliphatic heterocycles. The second kappa shape index (κ2) is 8.27. The van der Waals surface area contributed by atoms with E-state index < -0.39 is 11.5 Å². The van der Waals surface area contributed by atoms with Gasteiger partial charge in [0.25, 0.3) is 5.56 Å². The van der Waals surface area contributed by atoms with Gasteiger partial charge in [-0.2, -0.15) is 0 Å². The van der Waals surface area contributed by atoms with Gasteiger partial charge in [0.1, 0.15) is 0 Å². The maximum absolute atomic E-state index is 12.8. The number of anilines is 1. The van der Waals surface area contributed by atoms with Gasteiger partial charge >= 0.3 is 5.97 Å².